The van der Waals surface area contributed by atoms with Crippen LogP contribution in [0.15, 0.2) is 58.3 Å². The van der Waals surface area contributed by atoms with E-state index in [1.807, 2.05) is 0 Å². The van der Waals surface area contributed by atoms with Gasteiger partial charge in [0.1, 0.15) is 0 Å². The van der Waals surface area contributed by atoms with Crippen LogP contribution in [0.2, 0.25) is 0 Å². The molecule has 34 heavy (non-hydrogen) atoms. The van der Waals surface area contributed by atoms with E-state index in [2.05, 4.69) is 4.72 Å². The first-order valence-corrected chi connectivity index (χ1v) is 12.7. The fourth-order valence-corrected chi connectivity index (χ4v) is 6.70. The quantitative estimate of drug-likeness (QED) is 0.544. The van der Waals surface area contributed by atoms with Gasteiger partial charge in [-0.15, -0.1) is 0 Å². The minimum Gasteiger partial charge on any atom is -0.226 e. The predicted octanol–water partition coefficient (Wildman–Crippen LogP) is 5.08. The highest BCUT2D eigenvalue weighted by Gasteiger charge is 2.48. The fourth-order valence-electron chi connectivity index (χ4n) is 3.61. The van der Waals surface area contributed by atoms with Crippen LogP contribution in [0, 0.1) is 0 Å². The summed E-state index contributed by atoms with van der Waals surface area (Å²) in [5.74, 6) is 0. The SMILES string of the molecule is O=S(=O)(NC1CCC(F)(S(=O)(=O)c2cccc(C(F)(F)F)c2)CC1)c1cccc(C(F)(F)F)c1. The lowest BCUT2D eigenvalue weighted by atomic mass is 9.94. The topological polar surface area (TPSA) is 80.3 Å². The first-order valence-electron chi connectivity index (χ1n) is 9.76. The Morgan fingerprint density at radius 2 is 1.21 bits per heavy atom. The number of hydrogen-bond acceptors (Lipinski definition) is 4. The number of rotatable bonds is 5. The number of nitrogens with one attached hydrogen (secondary N) is 1. The van der Waals surface area contributed by atoms with Gasteiger partial charge in [0.15, 0.2) is 0 Å². The summed E-state index contributed by atoms with van der Waals surface area (Å²) < 4.78 is 145. The summed E-state index contributed by atoms with van der Waals surface area (Å²) in [5, 5.41) is -2.94. The first kappa shape index (κ1) is 26.4. The minimum atomic E-state index is -4.85. The summed E-state index contributed by atoms with van der Waals surface area (Å²) >= 11 is 0. The molecule has 0 atom stereocenters. The largest absolute Gasteiger partial charge is 0.416 e. The fraction of sp³-hybridized carbons (Fsp3) is 0.400. The molecule has 1 fully saturated rings. The van der Waals surface area contributed by atoms with Crippen molar-refractivity contribution in [2.75, 3.05) is 0 Å². The lowest BCUT2D eigenvalue weighted by Gasteiger charge is -2.33. The zero-order valence-electron chi connectivity index (χ0n) is 17.1. The molecule has 14 heteroatoms. The molecule has 2 aromatic carbocycles. The van der Waals surface area contributed by atoms with Crippen molar-refractivity contribution in [3.63, 3.8) is 0 Å². The number of sulfonamides is 1. The van der Waals surface area contributed by atoms with E-state index in [-0.39, 0.29) is 12.8 Å². The molecule has 0 aromatic heterocycles. The molecule has 5 nitrogen and oxygen atoms in total. The number of benzene rings is 2. The van der Waals surface area contributed by atoms with Crippen molar-refractivity contribution in [3.8, 4) is 0 Å². The first-order chi connectivity index (χ1) is 15.5. The molecule has 188 valence electrons. The standard InChI is InChI=1S/C20H18F7NO4S2/c21-18(33(29,30)16-5-1-3-13(11-16)19(22,23)24)9-7-15(8-10-18)28-34(31,32)17-6-2-4-14(12-17)20(25,26)27/h1-6,11-12,15,28H,7-10H2. The summed E-state index contributed by atoms with van der Waals surface area (Å²) in [6, 6.07) is 4.65. The Balaban J connectivity index is 1.76. The molecule has 0 radical (unpaired) electrons. The van der Waals surface area contributed by atoms with Gasteiger partial charge in [-0.3, -0.25) is 0 Å². The molecule has 1 aliphatic carbocycles. The van der Waals surface area contributed by atoms with Crippen LogP contribution in [0.4, 0.5) is 30.7 Å². The molecule has 0 heterocycles. The van der Waals surface area contributed by atoms with E-state index in [0.717, 1.165) is 24.3 Å². The van der Waals surface area contributed by atoms with Crippen LogP contribution >= 0.6 is 0 Å². The molecule has 1 aliphatic rings. The normalized spacial score (nSPS) is 22.5. The average molecular weight is 533 g/mol. The van der Waals surface area contributed by atoms with E-state index in [1.165, 1.54) is 0 Å². The maximum absolute atomic E-state index is 15.4. The molecule has 1 saturated carbocycles. The van der Waals surface area contributed by atoms with E-state index < -0.39 is 77.0 Å². The van der Waals surface area contributed by atoms with Gasteiger partial charge in [-0.1, -0.05) is 12.1 Å². The van der Waals surface area contributed by atoms with Gasteiger partial charge in [0, 0.05) is 6.04 Å². The summed E-state index contributed by atoms with van der Waals surface area (Å²) in [4.78, 5) is -1.52. The molecule has 0 unspecified atom stereocenters. The van der Waals surface area contributed by atoms with E-state index in [9.17, 15) is 43.2 Å². The molecule has 0 bridgehead atoms. The lowest BCUT2D eigenvalue weighted by Crippen LogP contribution is -2.45. The van der Waals surface area contributed by atoms with Crippen LogP contribution in [0.25, 0.3) is 0 Å². The van der Waals surface area contributed by atoms with Crippen LogP contribution in [0.5, 0.6) is 0 Å². The molecule has 3 rings (SSSR count). The smallest absolute Gasteiger partial charge is 0.226 e. The summed E-state index contributed by atoms with van der Waals surface area (Å²) in [7, 11) is -9.29. The van der Waals surface area contributed by atoms with E-state index >= 15 is 4.39 Å². The Bertz CT molecular complexity index is 1260. The van der Waals surface area contributed by atoms with Gasteiger partial charge in [-0.05, 0) is 62.1 Å². The maximum atomic E-state index is 15.4. The Morgan fingerprint density at radius 1 is 0.765 bits per heavy atom. The summed E-state index contributed by atoms with van der Waals surface area (Å²) in [6.45, 7) is 0. The predicted molar refractivity (Wildman–Crippen MR) is 106 cm³/mol. The van der Waals surface area contributed by atoms with Crippen LogP contribution in [0.1, 0.15) is 36.8 Å². The highest BCUT2D eigenvalue weighted by atomic mass is 32.2. The zero-order valence-corrected chi connectivity index (χ0v) is 18.8. The Morgan fingerprint density at radius 3 is 1.68 bits per heavy atom. The molecule has 1 N–H and O–H groups in total. The molecule has 0 amide bonds. The monoisotopic (exact) mass is 533 g/mol. The lowest BCUT2D eigenvalue weighted by molar-refractivity contribution is -0.138. The highest BCUT2D eigenvalue weighted by Crippen LogP contribution is 2.42. The van der Waals surface area contributed by atoms with Crippen molar-refractivity contribution >= 4 is 19.9 Å². The van der Waals surface area contributed by atoms with Gasteiger partial charge in [0.05, 0.1) is 20.9 Å². The van der Waals surface area contributed by atoms with E-state index in [0.29, 0.717) is 24.3 Å². The second-order valence-electron chi connectivity index (χ2n) is 7.83. The van der Waals surface area contributed by atoms with Crippen molar-refractivity contribution in [2.45, 2.75) is 58.9 Å². The van der Waals surface area contributed by atoms with Crippen molar-refractivity contribution in [1.29, 1.82) is 0 Å². The zero-order chi connectivity index (χ0) is 25.6. The van der Waals surface area contributed by atoms with Crippen molar-refractivity contribution in [3.05, 3.63) is 59.7 Å². The van der Waals surface area contributed by atoms with Crippen molar-refractivity contribution in [2.24, 2.45) is 0 Å². The third kappa shape index (κ3) is 5.38. The second kappa shape index (κ2) is 8.79. The Kier molecular flexibility index (Phi) is 6.83. The van der Waals surface area contributed by atoms with Crippen LogP contribution in [-0.2, 0) is 32.2 Å². The maximum Gasteiger partial charge on any atom is 0.416 e. The molecular weight excluding hydrogens is 515 g/mol. The highest BCUT2D eigenvalue weighted by molar-refractivity contribution is 7.92. The van der Waals surface area contributed by atoms with Crippen molar-refractivity contribution in [1.82, 2.24) is 4.72 Å². The van der Waals surface area contributed by atoms with Gasteiger partial charge in [0.25, 0.3) is 0 Å². The van der Waals surface area contributed by atoms with E-state index in [4.69, 9.17) is 0 Å². The molecule has 0 aliphatic heterocycles. The third-order valence-electron chi connectivity index (χ3n) is 5.48. The number of sulfone groups is 1. The van der Waals surface area contributed by atoms with Crippen LogP contribution in [-0.4, -0.2) is 27.9 Å². The summed E-state index contributed by atoms with van der Waals surface area (Å²) in [6.07, 6.45) is -11.7. The average Bonchev–Trinajstić information content (AvgIpc) is 2.74. The molecular formula is C20H18F7NO4S2. The Labute approximate surface area is 190 Å². The van der Waals surface area contributed by atoms with E-state index in [1.54, 1.807) is 0 Å². The van der Waals surface area contributed by atoms with Crippen LogP contribution < -0.4 is 4.72 Å². The van der Waals surface area contributed by atoms with Gasteiger partial charge in [0.2, 0.25) is 24.9 Å². The van der Waals surface area contributed by atoms with Gasteiger partial charge in [-0.25, -0.2) is 25.9 Å². The molecule has 2 aromatic rings. The van der Waals surface area contributed by atoms with Gasteiger partial charge in [-0.2, -0.15) is 26.3 Å². The van der Waals surface area contributed by atoms with Crippen molar-refractivity contribution < 1.29 is 47.6 Å². The minimum absolute atomic E-state index is 0.332. The van der Waals surface area contributed by atoms with Gasteiger partial charge >= 0.3 is 12.4 Å². The summed E-state index contributed by atoms with van der Waals surface area (Å²) in [5.41, 5.74) is -2.45. The molecule has 0 saturated heterocycles. The third-order valence-corrected chi connectivity index (χ3v) is 9.24. The second-order valence-corrected chi connectivity index (χ2v) is 11.8. The number of hydrogen-bond donors (Lipinski definition) is 1. The number of alkyl halides is 7. The van der Waals surface area contributed by atoms with Crippen LogP contribution in [0.3, 0.4) is 0 Å². The molecule has 0 spiro atoms. The Hall–Kier alpha value is -2.19. The number of halogens is 7. The van der Waals surface area contributed by atoms with Gasteiger partial charge < -0.3 is 0 Å².